The maximum absolute atomic E-state index is 13.1. The van der Waals surface area contributed by atoms with Crippen molar-refractivity contribution in [1.82, 2.24) is 19.7 Å². The Kier molecular flexibility index (Phi) is 4.44. The van der Waals surface area contributed by atoms with E-state index in [9.17, 15) is 4.79 Å². The average molecular weight is 408 g/mol. The number of likely N-dealkylation sites (tertiary alicyclic amines) is 1. The molecule has 2 aromatic carbocycles. The lowest BCUT2D eigenvalue weighted by Crippen LogP contribution is -2.32. The summed E-state index contributed by atoms with van der Waals surface area (Å²) in [6.45, 7) is 1.22. The van der Waals surface area contributed by atoms with Crippen LogP contribution in [-0.2, 0) is 0 Å². The van der Waals surface area contributed by atoms with Crippen LogP contribution in [0.5, 0.6) is 0 Å². The fourth-order valence-corrected chi connectivity index (χ4v) is 3.76. The monoisotopic (exact) mass is 407 g/mol. The lowest BCUT2D eigenvalue weighted by atomic mass is 10.3. The molecule has 1 fully saturated rings. The van der Waals surface area contributed by atoms with E-state index in [0.717, 1.165) is 17.6 Å². The molecular weight excluding hydrogens is 390 g/mol. The maximum Gasteiger partial charge on any atom is 0.295 e. The van der Waals surface area contributed by atoms with Gasteiger partial charge in [-0.25, -0.2) is 4.68 Å². The number of amides is 1. The Bertz CT molecular complexity index is 1170. The molecule has 0 saturated carbocycles. The predicted octanol–water partition coefficient (Wildman–Crippen LogP) is 3.99. The van der Waals surface area contributed by atoms with Gasteiger partial charge in [0.25, 0.3) is 11.9 Å². The maximum atomic E-state index is 13.1. The number of rotatable bonds is 4. The summed E-state index contributed by atoms with van der Waals surface area (Å²) in [6, 6.07) is 17.2. The smallest absolute Gasteiger partial charge is 0.295 e. The van der Waals surface area contributed by atoms with Crippen LogP contribution in [0.15, 0.2) is 65.2 Å². The molecule has 1 N–H and O–H groups in total. The van der Waals surface area contributed by atoms with Gasteiger partial charge < -0.3 is 14.6 Å². The second kappa shape index (κ2) is 7.25. The van der Waals surface area contributed by atoms with Crippen LogP contribution in [0.1, 0.15) is 16.9 Å². The molecule has 0 aliphatic carbocycles. The first kappa shape index (κ1) is 17.8. The number of fused-ring (bicyclic) bond motifs is 1. The highest BCUT2D eigenvalue weighted by molar-refractivity contribution is 6.31. The first-order chi connectivity index (χ1) is 14.2. The highest BCUT2D eigenvalue weighted by atomic mass is 35.5. The molecule has 0 bridgehead atoms. The number of anilines is 1. The Labute approximate surface area is 171 Å². The van der Waals surface area contributed by atoms with Crippen LogP contribution >= 0.6 is 11.6 Å². The summed E-state index contributed by atoms with van der Waals surface area (Å²) >= 11 is 6.00. The third-order valence-corrected chi connectivity index (χ3v) is 5.25. The van der Waals surface area contributed by atoms with Crippen molar-refractivity contribution in [2.75, 3.05) is 18.4 Å². The first-order valence-corrected chi connectivity index (χ1v) is 9.76. The Hall–Kier alpha value is -3.32. The molecule has 1 aliphatic heterocycles. The van der Waals surface area contributed by atoms with Crippen LogP contribution in [0.3, 0.4) is 0 Å². The summed E-state index contributed by atoms with van der Waals surface area (Å²) in [5, 5.41) is 8.21. The number of hydrogen-bond donors (Lipinski definition) is 1. The van der Waals surface area contributed by atoms with Crippen molar-refractivity contribution >= 4 is 34.6 Å². The summed E-state index contributed by atoms with van der Waals surface area (Å²) in [5.74, 6) is -0.0417. The third kappa shape index (κ3) is 3.45. The number of aromatic nitrogens is 3. The summed E-state index contributed by atoms with van der Waals surface area (Å²) < 4.78 is 7.41. The highest BCUT2D eigenvalue weighted by Gasteiger charge is 2.29. The number of carbonyl (C=O) groups is 1. The van der Waals surface area contributed by atoms with E-state index in [4.69, 9.17) is 16.0 Å². The van der Waals surface area contributed by atoms with Gasteiger partial charge in [-0.05, 0) is 36.8 Å². The molecule has 29 heavy (non-hydrogen) atoms. The topological polar surface area (TPSA) is 76.2 Å². The molecule has 146 valence electrons. The third-order valence-electron chi connectivity index (χ3n) is 5.02. The van der Waals surface area contributed by atoms with Crippen molar-refractivity contribution in [2.24, 2.45) is 0 Å². The first-order valence-electron chi connectivity index (χ1n) is 9.39. The highest BCUT2D eigenvalue weighted by Crippen LogP contribution is 2.24. The summed E-state index contributed by atoms with van der Waals surface area (Å²) in [7, 11) is 0. The average Bonchev–Trinajstić information content (AvgIpc) is 3.47. The number of para-hydroxylation sites is 1. The number of benzene rings is 2. The van der Waals surface area contributed by atoms with Gasteiger partial charge in [0.2, 0.25) is 0 Å². The van der Waals surface area contributed by atoms with Gasteiger partial charge in [0.1, 0.15) is 11.2 Å². The predicted molar refractivity (Wildman–Crippen MR) is 111 cm³/mol. The van der Waals surface area contributed by atoms with Crippen LogP contribution in [-0.4, -0.2) is 44.7 Å². The zero-order chi connectivity index (χ0) is 19.8. The molecule has 3 heterocycles. The Morgan fingerprint density at radius 2 is 2.03 bits per heavy atom. The van der Waals surface area contributed by atoms with E-state index in [1.54, 1.807) is 29.1 Å². The number of halogens is 1. The van der Waals surface area contributed by atoms with E-state index >= 15 is 0 Å². The molecule has 1 amide bonds. The lowest BCUT2D eigenvalue weighted by molar-refractivity contribution is 0.0782. The minimum atomic E-state index is -0.0417. The van der Waals surface area contributed by atoms with Gasteiger partial charge >= 0.3 is 0 Å². The zero-order valence-electron chi connectivity index (χ0n) is 15.5. The zero-order valence-corrected chi connectivity index (χ0v) is 16.2. The van der Waals surface area contributed by atoms with Crippen LogP contribution in [0.2, 0.25) is 5.02 Å². The van der Waals surface area contributed by atoms with Crippen molar-refractivity contribution in [2.45, 2.75) is 12.5 Å². The molecule has 5 rings (SSSR count). The standard InChI is InChI=1S/C21H18ClN5O2/c22-14-6-7-17-19(12-14)29-21(25-17)24-15-9-11-26(13-15)20(28)18-8-10-23-27(18)16-4-2-1-3-5-16/h1-8,10,12,15H,9,11,13H2,(H,24,25)/t15-/m1/s1. The number of nitrogens with one attached hydrogen (secondary N) is 1. The largest absolute Gasteiger partial charge is 0.423 e. The van der Waals surface area contributed by atoms with Crippen molar-refractivity contribution < 1.29 is 9.21 Å². The van der Waals surface area contributed by atoms with Crippen LogP contribution < -0.4 is 5.32 Å². The van der Waals surface area contributed by atoms with Crippen molar-refractivity contribution in [3.63, 3.8) is 0 Å². The molecular formula is C21H18ClN5O2. The molecule has 0 spiro atoms. The number of nitrogens with zero attached hydrogens (tertiary/aromatic N) is 4. The minimum Gasteiger partial charge on any atom is -0.423 e. The fourth-order valence-electron chi connectivity index (χ4n) is 3.60. The normalized spacial score (nSPS) is 16.4. The molecule has 1 saturated heterocycles. The molecule has 4 aromatic rings. The van der Waals surface area contributed by atoms with Crippen molar-refractivity contribution in [1.29, 1.82) is 0 Å². The molecule has 7 nitrogen and oxygen atoms in total. The van der Waals surface area contributed by atoms with Gasteiger partial charge in [-0.2, -0.15) is 10.1 Å². The number of carbonyl (C=O) groups excluding carboxylic acids is 1. The minimum absolute atomic E-state index is 0.0417. The quantitative estimate of drug-likeness (QED) is 0.553. The Morgan fingerprint density at radius 1 is 1.17 bits per heavy atom. The SMILES string of the molecule is O=C(c1ccnn1-c1ccccc1)N1CC[C@@H](Nc2nc3ccc(Cl)cc3o2)C1. The van der Waals surface area contributed by atoms with Gasteiger partial charge in [-0.3, -0.25) is 4.79 Å². The number of oxazole rings is 1. The fraction of sp³-hybridized carbons (Fsp3) is 0.190. The number of hydrogen-bond acceptors (Lipinski definition) is 5. The Morgan fingerprint density at radius 3 is 2.90 bits per heavy atom. The van der Waals surface area contributed by atoms with E-state index in [0.29, 0.717) is 35.4 Å². The van der Waals surface area contributed by atoms with Crippen LogP contribution in [0.4, 0.5) is 6.01 Å². The second-order valence-corrected chi connectivity index (χ2v) is 7.41. The van der Waals surface area contributed by atoms with Gasteiger partial charge in [0.05, 0.1) is 11.9 Å². The van der Waals surface area contributed by atoms with E-state index in [2.05, 4.69) is 15.4 Å². The summed E-state index contributed by atoms with van der Waals surface area (Å²) in [5.41, 5.74) is 2.79. The van der Waals surface area contributed by atoms with Gasteiger partial charge in [0, 0.05) is 30.2 Å². The van der Waals surface area contributed by atoms with E-state index in [-0.39, 0.29) is 11.9 Å². The molecule has 0 radical (unpaired) electrons. The van der Waals surface area contributed by atoms with E-state index < -0.39 is 0 Å². The van der Waals surface area contributed by atoms with Gasteiger partial charge in [-0.15, -0.1) is 0 Å². The molecule has 1 aliphatic rings. The van der Waals surface area contributed by atoms with E-state index in [1.807, 2.05) is 41.3 Å². The van der Waals surface area contributed by atoms with Crippen LogP contribution in [0, 0.1) is 0 Å². The van der Waals surface area contributed by atoms with Crippen LogP contribution in [0.25, 0.3) is 16.8 Å². The van der Waals surface area contributed by atoms with E-state index in [1.165, 1.54) is 0 Å². The van der Waals surface area contributed by atoms with Crippen molar-refractivity contribution in [3.05, 3.63) is 71.5 Å². The van der Waals surface area contributed by atoms with Gasteiger partial charge in [-0.1, -0.05) is 29.8 Å². The molecule has 0 unspecified atom stereocenters. The molecule has 1 atom stereocenters. The van der Waals surface area contributed by atoms with Crippen molar-refractivity contribution in [3.8, 4) is 5.69 Å². The van der Waals surface area contributed by atoms with Gasteiger partial charge in [0.15, 0.2) is 5.58 Å². The summed E-state index contributed by atoms with van der Waals surface area (Å²) in [6.07, 6.45) is 2.46. The molecule has 2 aromatic heterocycles. The molecule has 8 heteroatoms. The summed E-state index contributed by atoms with van der Waals surface area (Å²) in [4.78, 5) is 19.3. The lowest BCUT2D eigenvalue weighted by Gasteiger charge is -2.17. The Balaban J connectivity index is 1.29. The second-order valence-electron chi connectivity index (χ2n) is 6.98.